The number of pyridine rings is 1. The third-order valence-corrected chi connectivity index (χ3v) is 8.63. The Kier molecular flexibility index (Phi) is 4.92. The number of Topliss-reactive ketones (excluding diaryl/α,β-unsaturated/α-hetero) is 1. The summed E-state index contributed by atoms with van der Waals surface area (Å²) in [7, 11) is 2.15. The summed E-state index contributed by atoms with van der Waals surface area (Å²) < 4.78 is 2.13. The second-order valence-electron chi connectivity index (χ2n) is 11.0. The Bertz CT molecular complexity index is 1570. The summed E-state index contributed by atoms with van der Waals surface area (Å²) in [5.74, 6) is 1.15. The molecule has 4 aromatic rings. The number of nitrogens with zero attached hydrogens (tertiary/aromatic N) is 5. The molecule has 1 aliphatic carbocycles. The van der Waals surface area contributed by atoms with Gasteiger partial charge in [-0.1, -0.05) is 12.1 Å². The number of carbonyl (C=O) groups excluding carboxylic acids is 2. The van der Waals surface area contributed by atoms with E-state index in [1.807, 2.05) is 42.4 Å². The number of likely N-dealkylation sites (tertiary alicyclic amines) is 1. The molecule has 1 spiro atoms. The van der Waals surface area contributed by atoms with Gasteiger partial charge in [0.25, 0.3) is 5.91 Å². The van der Waals surface area contributed by atoms with Gasteiger partial charge in [-0.15, -0.1) is 0 Å². The number of aromatic amines is 1. The van der Waals surface area contributed by atoms with Crippen molar-refractivity contribution in [2.24, 2.45) is 0 Å². The molecule has 5 heterocycles. The van der Waals surface area contributed by atoms with E-state index in [-0.39, 0.29) is 17.1 Å². The molecule has 1 fully saturated rings. The SMILES string of the molecule is Cc1cn2c(n1)CN(C(=O)c1cnc3[nH]cc(-c4ccc5c(c4)C4(CCN(C)CC4)CC5=O)c3c1)CC2. The number of aryl methyl sites for hydroxylation is 1. The van der Waals surface area contributed by atoms with Crippen LogP contribution in [0.2, 0.25) is 0 Å². The van der Waals surface area contributed by atoms with E-state index in [0.717, 1.165) is 71.7 Å². The summed E-state index contributed by atoms with van der Waals surface area (Å²) in [5.41, 5.74) is 6.38. The van der Waals surface area contributed by atoms with Gasteiger partial charge in [0, 0.05) is 60.0 Å². The number of rotatable bonds is 2. The van der Waals surface area contributed by atoms with Crippen LogP contribution >= 0.6 is 0 Å². The number of H-pyrrole nitrogens is 1. The van der Waals surface area contributed by atoms with Crippen molar-refractivity contribution in [2.75, 3.05) is 26.7 Å². The maximum atomic E-state index is 13.4. The van der Waals surface area contributed by atoms with Crippen LogP contribution in [0, 0.1) is 6.92 Å². The van der Waals surface area contributed by atoms with E-state index in [2.05, 4.69) is 37.5 Å². The van der Waals surface area contributed by atoms with Crippen LogP contribution in [-0.2, 0) is 18.5 Å². The molecule has 0 saturated carbocycles. The number of hydrogen-bond donors (Lipinski definition) is 1. The van der Waals surface area contributed by atoms with E-state index in [9.17, 15) is 9.59 Å². The largest absolute Gasteiger partial charge is 0.346 e. The Balaban J connectivity index is 1.23. The smallest absolute Gasteiger partial charge is 0.255 e. The van der Waals surface area contributed by atoms with Crippen molar-refractivity contribution in [3.05, 3.63) is 71.1 Å². The zero-order valence-electron chi connectivity index (χ0n) is 21.3. The number of imidazole rings is 1. The van der Waals surface area contributed by atoms with Gasteiger partial charge in [0.05, 0.1) is 17.8 Å². The van der Waals surface area contributed by atoms with E-state index in [0.29, 0.717) is 25.1 Å². The minimum absolute atomic E-state index is 0.0294. The van der Waals surface area contributed by atoms with Crippen molar-refractivity contribution in [1.29, 1.82) is 0 Å². The first-order valence-corrected chi connectivity index (χ1v) is 13.1. The molecule has 1 aromatic carbocycles. The molecule has 0 unspecified atom stereocenters. The monoisotopic (exact) mass is 494 g/mol. The van der Waals surface area contributed by atoms with Gasteiger partial charge in [-0.2, -0.15) is 0 Å². The predicted molar refractivity (Wildman–Crippen MR) is 141 cm³/mol. The average Bonchev–Trinajstić information content (AvgIpc) is 3.57. The molecular weight excluding hydrogens is 464 g/mol. The Morgan fingerprint density at radius 1 is 1.08 bits per heavy atom. The summed E-state index contributed by atoms with van der Waals surface area (Å²) >= 11 is 0. The fourth-order valence-electron chi connectivity index (χ4n) is 6.49. The number of amides is 1. The number of nitrogens with one attached hydrogen (secondary N) is 1. The molecule has 188 valence electrons. The minimum Gasteiger partial charge on any atom is -0.346 e. The van der Waals surface area contributed by atoms with Gasteiger partial charge >= 0.3 is 0 Å². The molecule has 8 heteroatoms. The Morgan fingerprint density at radius 2 is 1.92 bits per heavy atom. The lowest BCUT2D eigenvalue weighted by molar-refractivity contribution is 0.0707. The number of carbonyl (C=O) groups is 2. The topological polar surface area (TPSA) is 87.1 Å². The van der Waals surface area contributed by atoms with Gasteiger partial charge in [0.1, 0.15) is 11.5 Å². The highest BCUT2D eigenvalue weighted by Crippen LogP contribution is 2.47. The quantitative estimate of drug-likeness (QED) is 0.456. The molecule has 8 nitrogen and oxygen atoms in total. The van der Waals surface area contributed by atoms with Crippen LogP contribution in [0.1, 0.15) is 57.1 Å². The standard InChI is InChI=1S/C29H30N6O2/c1-18-16-34-9-10-35(17-26(34)32-18)28(37)20-11-22-23(15-31-27(22)30-14-20)19-3-4-21-24(12-19)29(13-25(21)36)5-7-33(2)8-6-29/h3-4,11-12,14-16H,5-10,13,17H2,1-2H3,(H,30,31). The summed E-state index contributed by atoms with van der Waals surface area (Å²) in [5, 5.41) is 0.918. The summed E-state index contributed by atoms with van der Waals surface area (Å²) in [6.07, 6.45) is 8.29. The number of aromatic nitrogens is 4. The van der Waals surface area contributed by atoms with Crippen LogP contribution in [0.5, 0.6) is 0 Å². The van der Waals surface area contributed by atoms with Crippen LogP contribution in [0.25, 0.3) is 22.2 Å². The highest BCUT2D eigenvalue weighted by atomic mass is 16.2. The number of ketones is 1. The summed E-state index contributed by atoms with van der Waals surface area (Å²) in [4.78, 5) is 43.0. The van der Waals surface area contributed by atoms with Gasteiger partial charge in [0.15, 0.2) is 5.78 Å². The van der Waals surface area contributed by atoms with Crippen LogP contribution in [0.3, 0.4) is 0 Å². The fourth-order valence-corrected chi connectivity index (χ4v) is 6.49. The zero-order valence-corrected chi connectivity index (χ0v) is 21.3. The van der Waals surface area contributed by atoms with Gasteiger partial charge in [0.2, 0.25) is 0 Å². The number of benzene rings is 1. The van der Waals surface area contributed by atoms with Gasteiger partial charge in [-0.3, -0.25) is 9.59 Å². The van der Waals surface area contributed by atoms with Crippen LogP contribution in [-0.4, -0.2) is 67.7 Å². The average molecular weight is 495 g/mol. The van der Waals surface area contributed by atoms with Crippen LogP contribution in [0.4, 0.5) is 0 Å². The molecule has 3 aliphatic rings. The lowest BCUT2D eigenvalue weighted by Gasteiger charge is -2.38. The maximum absolute atomic E-state index is 13.4. The first-order chi connectivity index (χ1) is 17.9. The number of hydrogen-bond acceptors (Lipinski definition) is 5. The van der Waals surface area contributed by atoms with E-state index >= 15 is 0 Å². The lowest BCUT2D eigenvalue weighted by atomic mass is 9.73. The predicted octanol–water partition coefficient (Wildman–Crippen LogP) is 3.94. The minimum atomic E-state index is -0.0568. The van der Waals surface area contributed by atoms with E-state index in [1.165, 1.54) is 5.56 Å². The Labute approximate surface area is 215 Å². The van der Waals surface area contributed by atoms with E-state index in [1.54, 1.807) is 6.20 Å². The van der Waals surface area contributed by atoms with Crippen molar-refractivity contribution in [2.45, 2.75) is 44.7 Å². The normalized spacial score (nSPS) is 19.0. The highest BCUT2D eigenvalue weighted by Gasteiger charge is 2.44. The van der Waals surface area contributed by atoms with Crippen LogP contribution in [0.15, 0.2) is 42.9 Å². The van der Waals surface area contributed by atoms with E-state index < -0.39 is 0 Å². The van der Waals surface area contributed by atoms with Crippen molar-refractivity contribution < 1.29 is 9.59 Å². The molecule has 7 rings (SSSR count). The fraction of sp³-hybridized carbons (Fsp3) is 0.379. The van der Waals surface area contributed by atoms with Crippen LogP contribution < -0.4 is 0 Å². The molecular formula is C29H30N6O2. The lowest BCUT2D eigenvalue weighted by Crippen LogP contribution is -2.39. The molecule has 0 bridgehead atoms. The molecule has 0 radical (unpaired) electrons. The molecule has 1 amide bonds. The van der Waals surface area contributed by atoms with E-state index in [4.69, 9.17) is 0 Å². The summed E-state index contributed by atoms with van der Waals surface area (Å²) in [6.45, 7) is 5.90. The Hall–Kier alpha value is -3.78. The molecule has 1 saturated heterocycles. The Morgan fingerprint density at radius 3 is 2.76 bits per heavy atom. The zero-order chi connectivity index (χ0) is 25.3. The van der Waals surface area contributed by atoms with Crippen molar-refractivity contribution in [1.82, 2.24) is 29.3 Å². The van der Waals surface area contributed by atoms with Gasteiger partial charge in [-0.25, -0.2) is 9.97 Å². The van der Waals surface area contributed by atoms with Crippen molar-refractivity contribution >= 4 is 22.7 Å². The second kappa shape index (κ2) is 8.11. The van der Waals surface area contributed by atoms with Crippen molar-refractivity contribution in [3.63, 3.8) is 0 Å². The number of fused-ring (bicyclic) bond motifs is 4. The highest BCUT2D eigenvalue weighted by molar-refractivity contribution is 6.04. The third-order valence-electron chi connectivity index (χ3n) is 8.63. The number of piperidine rings is 1. The van der Waals surface area contributed by atoms with Crippen molar-refractivity contribution in [3.8, 4) is 11.1 Å². The molecule has 1 N–H and O–H groups in total. The second-order valence-corrected chi connectivity index (χ2v) is 11.0. The maximum Gasteiger partial charge on any atom is 0.255 e. The molecule has 0 atom stereocenters. The third kappa shape index (κ3) is 3.54. The van der Waals surface area contributed by atoms with Gasteiger partial charge < -0.3 is 19.4 Å². The molecule has 2 aliphatic heterocycles. The first kappa shape index (κ1) is 22.4. The molecule has 37 heavy (non-hydrogen) atoms. The molecule has 3 aromatic heterocycles. The van der Waals surface area contributed by atoms with Gasteiger partial charge in [-0.05, 0) is 63.2 Å². The first-order valence-electron chi connectivity index (χ1n) is 13.1. The summed E-state index contributed by atoms with van der Waals surface area (Å²) in [6, 6.07) is 8.20.